The summed E-state index contributed by atoms with van der Waals surface area (Å²) in [6.07, 6.45) is 11.0. The molecule has 0 spiro atoms. The number of esters is 1. The average molecular weight is 361 g/mol. The molecule has 0 radical (unpaired) electrons. The number of rotatable bonds is 2. The van der Waals surface area contributed by atoms with Crippen LogP contribution in [-0.4, -0.2) is 26.5 Å². The molecular weight excluding hydrogens is 328 g/mol. The predicted molar refractivity (Wildman–Crippen MR) is 105 cm³/mol. The fourth-order valence-corrected chi connectivity index (χ4v) is 4.06. The first-order valence-electron chi connectivity index (χ1n) is 9.31. The number of carbonyl (C=O) groups is 1. The zero-order chi connectivity index (χ0) is 18.7. The van der Waals surface area contributed by atoms with E-state index >= 15 is 0 Å². The van der Waals surface area contributed by atoms with Gasteiger partial charge >= 0.3 is 5.97 Å². The Bertz CT molecular complexity index is 601. The molecule has 0 aromatic carbocycles. The molecule has 25 heavy (non-hydrogen) atoms. The first-order valence-corrected chi connectivity index (χ1v) is 12.2. The van der Waals surface area contributed by atoms with Crippen molar-refractivity contribution in [1.29, 1.82) is 0 Å². The molecule has 0 aromatic heterocycles. The molecule has 1 heterocycles. The van der Waals surface area contributed by atoms with Gasteiger partial charge in [0, 0.05) is 12.3 Å². The van der Waals surface area contributed by atoms with Crippen LogP contribution in [0.1, 0.15) is 47.0 Å². The lowest BCUT2D eigenvalue weighted by Crippen LogP contribution is -2.43. The highest BCUT2D eigenvalue weighted by atomic mass is 28.4. The lowest BCUT2D eigenvalue weighted by Gasteiger charge is -2.38. The Balaban J connectivity index is 2.13. The summed E-state index contributed by atoms with van der Waals surface area (Å²) in [7, 11) is -1.89. The van der Waals surface area contributed by atoms with E-state index in [1.807, 2.05) is 6.92 Å². The van der Waals surface area contributed by atoms with Crippen LogP contribution in [0.25, 0.3) is 0 Å². The molecule has 1 fully saturated rings. The third-order valence-corrected chi connectivity index (χ3v) is 9.97. The molecule has 1 saturated carbocycles. The summed E-state index contributed by atoms with van der Waals surface area (Å²) in [4.78, 5) is 11.9. The molecule has 4 unspecified atom stereocenters. The van der Waals surface area contributed by atoms with Crippen LogP contribution in [0.5, 0.6) is 0 Å². The average Bonchev–Trinajstić information content (AvgIpc) is 3.18. The van der Waals surface area contributed by atoms with E-state index in [1.54, 1.807) is 0 Å². The highest BCUT2D eigenvalue weighted by Crippen LogP contribution is 2.43. The third-order valence-electron chi connectivity index (χ3n) is 5.46. The smallest absolute Gasteiger partial charge is 0.384 e. The number of hydrogen-bond acceptors (Lipinski definition) is 3. The summed E-state index contributed by atoms with van der Waals surface area (Å²) in [5.41, 5.74) is 0. The molecule has 0 saturated heterocycles. The van der Waals surface area contributed by atoms with Gasteiger partial charge in [0.25, 0.3) is 0 Å². The maximum Gasteiger partial charge on any atom is 0.384 e. The Morgan fingerprint density at radius 2 is 1.88 bits per heavy atom. The van der Waals surface area contributed by atoms with Crippen LogP contribution >= 0.6 is 0 Å². The fourth-order valence-electron chi connectivity index (χ4n) is 2.79. The number of ether oxygens (including phenoxy) is 1. The molecule has 2 aliphatic rings. The van der Waals surface area contributed by atoms with Gasteiger partial charge in [-0.05, 0) is 49.7 Å². The first kappa shape index (κ1) is 20.0. The lowest BCUT2D eigenvalue weighted by atomic mass is 10.1. The molecule has 1 aliphatic carbocycles. The SMILES string of the molecule is CC1CC2CC2/C=C\C=C/C(O[Si](C)(C)C(C)(C)C)CC#CC(=O)O1. The molecule has 0 N–H and O–H groups in total. The lowest BCUT2D eigenvalue weighted by molar-refractivity contribution is -0.141. The number of carbonyl (C=O) groups excluding carboxylic acids is 1. The molecule has 138 valence electrons. The van der Waals surface area contributed by atoms with Crippen LogP contribution in [0.15, 0.2) is 24.3 Å². The highest BCUT2D eigenvalue weighted by molar-refractivity contribution is 6.74. The quantitative estimate of drug-likeness (QED) is 0.305. The van der Waals surface area contributed by atoms with E-state index in [0.717, 1.165) is 6.42 Å². The second-order valence-electron chi connectivity index (χ2n) is 8.80. The van der Waals surface area contributed by atoms with Crippen LogP contribution in [0.3, 0.4) is 0 Å². The van der Waals surface area contributed by atoms with Crippen LogP contribution in [0.2, 0.25) is 18.1 Å². The summed E-state index contributed by atoms with van der Waals surface area (Å²) >= 11 is 0. The van der Waals surface area contributed by atoms with Crippen molar-refractivity contribution in [2.24, 2.45) is 11.8 Å². The van der Waals surface area contributed by atoms with Gasteiger partial charge in [0.1, 0.15) is 6.10 Å². The van der Waals surface area contributed by atoms with Crippen molar-refractivity contribution in [3.8, 4) is 11.8 Å². The maximum atomic E-state index is 11.9. The van der Waals surface area contributed by atoms with Crippen LogP contribution in [-0.2, 0) is 14.0 Å². The van der Waals surface area contributed by atoms with Crippen LogP contribution in [0, 0.1) is 23.7 Å². The Hall–Kier alpha value is -1.31. The largest absolute Gasteiger partial charge is 0.453 e. The van der Waals surface area contributed by atoms with Gasteiger partial charge in [-0.25, -0.2) is 4.79 Å². The Labute approximate surface area is 154 Å². The first-order chi connectivity index (χ1) is 11.6. The van der Waals surface area contributed by atoms with Crippen molar-refractivity contribution in [1.82, 2.24) is 0 Å². The van der Waals surface area contributed by atoms with Gasteiger partial charge in [0.15, 0.2) is 8.32 Å². The molecular formula is C21H32O3Si. The Morgan fingerprint density at radius 3 is 2.56 bits per heavy atom. The topological polar surface area (TPSA) is 35.5 Å². The molecule has 2 rings (SSSR count). The fraction of sp³-hybridized carbons (Fsp3) is 0.667. The van der Waals surface area contributed by atoms with E-state index in [9.17, 15) is 4.79 Å². The maximum absolute atomic E-state index is 11.9. The molecule has 3 nitrogen and oxygen atoms in total. The van der Waals surface area contributed by atoms with E-state index in [4.69, 9.17) is 9.16 Å². The van der Waals surface area contributed by atoms with Gasteiger partial charge in [0.2, 0.25) is 0 Å². The van der Waals surface area contributed by atoms with Gasteiger partial charge in [-0.15, -0.1) is 0 Å². The molecule has 0 amide bonds. The molecule has 1 aliphatic heterocycles. The summed E-state index contributed by atoms with van der Waals surface area (Å²) in [5, 5.41) is 0.138. The monoisotopic (exact) mass is 360 g/mol. The second-order valence-corrected chi connectivity index (χ2v) is 13.6. The van der Waals surface area contributed by atoms with Gasteiger partial charge in [-0.3, -0.25) is 0 Å². The summed E-state index contributed by atoms with van der Waals surface area (Å²) < 4.78 is 11.9. The third kappa shape index (κ3) is 6.16. The molecule has 0 bridgehead atoms. The zero-order valence-electron chi connectivity index (χ0n) is 16.5. The summed E-state index contributed by atoms with van der Waals surface area (Å²) in [5.74, 6) is 6.39. The van der Waals surface area contributed by atoms with Crippen molar-refractivity contribution < 1.29 is 14.0 Å². The van der Waals surface area contributed by atoms with Crippen molar-refractivity contribution in [2.75, 3.05) is 0 Å². The van der Waals surface area contributed by atoms with Crippen molar-refractivity contribution in [2.45, 2.75) is 77.3 Å². The highest BCUT2D eigenvalue weighted by Gasteiger charge is 2.39. The van der Waals surface area contributed by atoms with Gasteiger partial charge in [-0.1, -0.05) is 51.0 Å². The standard InChI is InChI=1S/C21H32O3Si/c1-16-14-18-15-17(18)10-7-8-11-19(12-9-13-20(22)23-16)24-25(5,6)21(2,3)4/h7-8,10-11,16-19H,12,14-15H2,1-6H3/b10-7-,11-8-. The van der Waals surface area contributed by atoms with E-state index in [1.165, 1.54) is 6.42 Å². The molecule has 0 aromatic rings. The van der Waals surface area contributed by atoms with E-state index in [2.05, 4.69) is 70.0 Å². The number of hydrogen-bond donors (Lipinski definition) is 0. The minimum absolute atomic E-state index is 0.0667. The summed E-state index contributed by atoms with van der Waals surface area (Å²) in [6, 6.07) is 0. The van der Waals surface area contributed by atoms with Crippen molar-refractivity contribution in [3.63, 3.8) is 0 Å². The van der Waals surface area contributed by atoms with Gasteiger partial charge in [0.05, 0.1) is 6.10 Å². The number of fused-ring (bicyclic) bond motifs is 1. The van der Waals surface area contributed by atoms with Crippen molar-refractivity contribution in [3.05, 3.63) is 24.3 Å². The minimum Gasteiger partial charge on any atom is -0.453 e. The minimum atomic E-state index is -1.89. The number of allylic oxidation sites excluding steroid dienone is 3. The molecule has 4 heteroatoms. The Kier molecular flexibility index (Phi) is 6.34. The normalized spacial score (nSPS) is 33.1. The molecule has 4 atom stereocenters. The predicted octanol–water partition coefficient (Wildman–Crippen LogP) is 4.85. The zero-order valence-corrected chi connectivity index (χ0v) is 17.5. The van der Waals surface area contributed by atoms with E-state index in [-0.39, 0.29) is 17.2 Å². The number of cyclic esters (lactones) is 1. The van der Waals surface area contributed by atoms with Gasteiger partial charge in [-0.2, -0.15) is 0 Å². The van der Waals surface area contributed by atoms with Crippen LogP contribution in [0.4, 0.5) is 0 Å². The van der Waals surface area contributed by atoms with E-state index in [0.29, 0.717) is 18.3 Å². The second kappa shape index (κ2) is 7.93. The van der Waals surface area contributed by atoms with Gasteiger partial charge < -0.3 is 9.16 Å². The van der Waals surface area contributed by atoms with E-state index < -0.39 is 14.3 Å². The van der Waals surface area contributed by atoms with Crippen LogP contribution < -0.4 is 0 Å². The Morgan fingerprint density at radius 1 is 1.20 bits per heavy atom. The van der Waals surface area contributed by atoms with Crippen molar-refractivity contribution >= 4 is 14.3 Å². The summed E-state index contributed by atoms with van der Waals surface area (Å²) in [6.45, 7) is 13.1.